The van der Waals surface area contributed by atoms with Gasteiger partial charge in [0.1, 0.15) is 11.6 Å². The number of esters is 3. The van der Waals surface area contributed by atoms with Gasteiger partial charge in [-0.05, 0) is 361 Å². The normalized spacial score (nSPS) is 47.2. The highest BCUT2D eigenvalue weighted by molar-refractivity contribution is 5.80. The summed E-state index contributed by atoms with van der Waals surface area (Å²) in [5, 5.41) is 20.3. The van der Waals surface area contributed by atoms with Gasteiger partial charge >= 0.3 is 17.9 Å². The fourth-order valence-corrected chi connectivity index (χ4v) is 35.5. The lowest BCUT2D eigenvalue weighted by Gasteiger charge is -2.63. The molecule has 0 heterocycles. The lowest BCUT2D eigenvalue weighted by atomic mass is 9.43. The number of ketones is 2. The smallest absolute Gasteiger partial charge is 0.305 e. The molecular formula is C102H162F8O10. The molecule has 0 aliphatic heterocycles. The van der Waals surface area contributed by atoms with Crippen LogP contribution in [0.5, 0.6) is 0 Å². The summed E-state index contributed by atoms with van der Waals surface area (Å²) in [7, 11) is 4.31. The van der Waals surface area contributed by atoms with Gasteiger partial charge < -0.3 is 24.4 Å². The molecule has 18 heteroatoms. The van der Waals surface area contributed by atoms with Gasteiger partial charge in [0, 0.05) is 94.3 Å². The number of hydrogen-bond acceptors (Lipinski definition) is 10. The van der Waals surface area contributed by atoms with Gasteiger partial charge in [-0.15, -0.1) is 0 Å². The Labute approximate surface area is 718 Å². The summed E-state index contributed by atoms with van der Waals surface area (Å²) in [6, 6.07) is 0. The van der Waals surface area contributed by atoms with E-state index in [-0.39, 0.29) is 136 Å². The van der Waals surface area contributed by atoms with Crippen LogP contribution in [0.4, 0.5) is 35.1 Å². The van der Waals surface area contributed by atoms with Crippen LogP contribution in [0.3, 0.4) is 0 Å². The lowest BCUT2D eigenvalue weighted by Crippen LogP contribution is -2.60. The van der Waals surface area contributed by atoms with Crippen molar-refractivity contribution in [2.45, 2.75) is 396 Å². The molecule has 16 rings (SSSR count). The summed E-state index contributed by atoms with van der Waals surface area (Å²) in [6.45, 7) is 33.0. The number of rotatable bonds is 16. The van der Waals surface area contributed by atoms with E-state index in [4.69, 9.17) is 14.2 Å². The highest BCUT2D eigenvalue weighted by atomic mass is 19.3. The summed E-state index contributed by atoms with van der Waals surface area (Å²) in [5.74, 6) is -5.94. The first-order chi connectivity index (χ1) is 55.9. The van der Waals surface area contributed by atoms with Gasteiger partial charge in [-0.1, -0.05) is 96.4 Å². The Hall–Kier alpha value is -2.89. The van der Waals surface area contributed by atoms with E-state index in [0.717, 1.165) is 148 Å². The van der Waals surface area contributed by atoms with E-state index in [2.05, 4.69) is 90.0 Å². The van der Waals surface area contributed by atoms with Crippen molar-refractivity contribution in [2.24, 2.45) is 191 Å². The van der Waals surface area contributed by atoms with Gasteiger partial charge in [0.15, 0.2) is 0 Å². The molecule has 0 unspecified atom stereocenters. The van der Waals surface area contributed by atoms with E-state index in [9.17, 15) is 34.2 Å². The van der Waals surface area contributed by atoms with Gasteiger partial charge in [0.2, 0.25) is 0 Å². The number of hydrogen-bond donors (Lipinski definition) is 2. The Balaban J connectivity index is 0.000000138. The molecule has 0 saturated heterocycles. The summed E-state index contributed by atoms with van der Waals surface area (Å²) >= 11 is 0. The van der Waals surface area contributed by atoms with Crippen LogP contribution in [-0.4, -0.2) is 96.4 Å². The average molecular weight is 1700 g/mol. The van der Waals surface area contributed by atoms with Crippen LogP contribution in [0.2, 0.25) is 0 Å². The van der Waals surface area contributed by atoms with Crippen LogP contribution in [0.15, 0.2) is 0 Å². The van der Waals surface area contributed by atoms with E-state index < -0.39 is 64.5 Å². The van der Waals surface area contributed by atoms with Crippen LogP contribution in [0.25, 0.3) is 0 Å². The van der Waals surface area contributed by atoms with Gasteiger partial charge in [0.05, 0.1) is 33.0 Å². The SMILES string of the molecule is COC(=O)CC[C@@H](C)[C@H]1CC[C@H]2[C@@H]3CC(F)(F)[C@H]4CC(=O)CC[C@]4(C)[C@H]3CC[C@]12C.COC(=O)CC[C@@H](C)[C@H]1CC[C@H]2[C@@H]3CC(F)(F)[C@H]4C[C@H](C)CC[C@]4(C)[C@H]3CC[C@]12C.COC(=O)CC[C@@H](C)[C@H]1CC[C@H]2[C@@H]3CC(F)(F)[C@H]4C[C@H](O)CC[C@]4(C)[C@H]3CC[C@]12C.C[C@H](CCC(C)(C)O)[C@H]1CC[C@H]2[C@@H]3CC(F)(F)[C@H]4CC(=O)CC[C@]4(C)[C@H]3CC[C@]12C. The van der Waals surface area contributed by atoms with Crippen LogP contribution >= 0.6 is 0 Å². The molecule has 16 saturated carbocycles. The standard InChI is InChI=1S/2C26H42F2O2.C25H40F2O3.C25H38F2O3/c1-16-10-12-25(4)21-11-13-24(3)19(17(2)6-9-23(29)30-5)7-8-20(24)18(21)15-26(27,28)22(25)14-16;1-16(8-11-23(2,3)30)19-6-7-20-18-15-26(27,28)22-14-17(29)9-12-25(22,5)21(18)10-13-24(19,20)4;2*1-15(5-8-22(29)30-4)18-6-7-19-17-14-25(26,27)21-13-16(28)9-11-24(21,3)20(17)10-12-23(18,19)2/h16-22H,6-15H2,1-5H3;16,18-22,30H,6-15H2,1-5H3;15-21,28H,5-14H2,1-4H3;15,17-21H,5-14H2,1-4H3/t16-,17-,18+,19-,20+,21+,22+,24-,25-;16-,18+,19-,20+,21+,22+,24-,25-;15-,16-,17+,18-,19+,20+,21+,23-,24-;15-,17+,18-,19+,20+,21+,23-,24-/m1111/s1. The molecule has 16 aliphatic carbocycles. The third kappa shape index (κ3) is 17.1. The quantitative estimate of drug-likeness (QED) is 0.0867. The fraction of sp³-hybridized carbons (Fsp3) is 0.951. The first-order valence-electron chi connectivity index (χ1n) is 49.0. The van der Waals surface area contributed by atoms with E-state index in [0.29, 0.717) is 158 Å². The minimum absolute atomic E-state index is 0.00374. The summed E-state index contributed by atoms with van der Waals surface area (Å²) in [6.07, 6.45) is 29.5. The van der Waals surface area contributed by atoms with Crippen LogP contribution in [0, 0.1) is 191 Å². The average Bonchev–Trinajstić information content (AvgIpc) is 1.27. The monoisotopic (exact) mass is 1700 g/mol. The van der Waals surface area contributed by atoms with Gasteiger partial charge in [-0.3, -0.25) is 24.0 Å². The highest BCUT2D eigenvalue weighted by Crippen LogP contribution is 2.77. The summed E-state index contributed by atoms with van der Waals surface area (Å²) in [4.78, 5) is 58.9. The molecule has 34 atom stereocenters. The van der Waals surface area contributed by atoms with Crippen molar-refractivity contribution in [1.82, 2.24) is 0 Å². The first kappa shape index (κ1) is 94.7. The maximum atomic E-state index is 15.6. The number of fused-ring (bicyclic) bond motifs is 20. The number of alkyl halides is 8. The van der Waals surface area contributed by atoms with E-state index in [1.165, 1.54) is 27.8 Å². The van der Waals surface area contributed by atoms with Crippen LogP contribution in [-0.2, 0) is 38.2 Å². The predicted molar refractivity (Wildman–Crippen MR) is 453 cm³/mol. The zero-order chi connectivity index (χ0) is 87.8. The molecule has 0 radical (unpaired) electrons. The third-order valence-corrected chi connectivity index (χ3v) is 41.8. The Bertz CT molecular complexity index is 3520. The number of methoxy groups -OCH3 is 3. The second-order valence-electron chi connectivity index (χ2n) is 47.9. The lowest BCUT2D eigenvalue weighted by molar-refractivity contribution is -0.235. The van der Waals surface area contributed by atoms with Crippen LogP contribution in [0.1, 0.15) is 361 Å². The first-order valence-corrected chi connectivity index (χ1v) is 49.0. The summed E-state index contributed by atoms with van der Waals surface area (Å²) in [5.41, 5.74) is -1.48. The second kappa shape index (κ2) is 34.5. The Morgan fingerprint density at radius 2 is 0.633 bits per heavy atom. The van der Waals surface area contributed by atoms with Crippen LogP contribution < -0.4 is 0 Å². The van der Waals surface area contributed by atoms with Crippen molar-refractivity contribution >= 4 is 29.5 Å². The molecule has 0 aromatic carbocycles. The molecule has 2 N–H and O–H groups in total. The molecule has 16 aliphatic rings. The van der Waals surface area contributed by atoms with E-state index >= 15 is 35.1 Å². The maximum absolute atomic E-state index is 15.6. The number of Topliss-reactive ketones (excluding diaryl/α,β-unsaturated/α-hetero) is 2. The molecule has 0 amide bonds. The Morgan fingerprint density at radius 3 is 0.933 bits per heavy atom. The van der Waals surface area contributed by atoms with Crippen molar-refractivity contribution in [1.29, 1.82) is 0 Å². The van der Waals surface area contributed by atoms with Crippen molar-refractivity contribution in [3.8, 4) is 0 Å². The van der Waals surface area contributed by atoms with Gasteiger partial charge in [-0.25, -0.2) is 35.1 Å². The highest BCUT2D eigenvalue weighted by Gasteiger charge is 2.73. The largest absolute Gasteiger partial charge is 0.469 e. The van der Waals surface area contributed by atoms with Crippen molar-refractivity contribution in [3.63, 3.8) is 0 Å². The van der Waals surface area contributed by atoms with Crippen molar-refractivity contribution in [3.05, 3.63) is 0 Å². The maximum Gasteiger partial charge on any atom is 0.305 e. The topological polar surface area (TPSA) is 154 Å². The molecule has 0 aromatic rings. The molecule has 16 fully saturated rings. The molecule has 0 bridgehead atoms. The number of carbonyl (C=O) groups excluding carboxylic acids is 5. The number of halogens is 8. The predicted octanol–water partition coefficient (Wildman–Crippen LogP) is 25.7. The Morgan fingerprint density at radius 1 is 0.375 bits per heavy atom. The molecule has 120 heavy (non-hydrogen) atoms. The van der Waals surface area contributed by atoms with E-state index in [1.807, 2.05) is 13.8 Å². The summed E-state index contributed by atoms with van der Waals surface area (Å²) < 4.78 is 138. The number of carbonyl (C=O) groups is 5. The molecule has 0 aromatic heterocycles. The van der Waals surface area contributed by atoms with Gasteiger partial charge in [0.25, 0.3) is 23.7 Å². The van der Waals surface area contributed by atoms with Gasteiger partial charge in [-0.2, -0.15) is 0 Å². The number of ether oxygens (including phenoxy) is 3. The molecule has 10 nitrogen and oxygen atoms in total. The fourth-order valence-electron chi connectivity index (χ4n) is 35.5. The van der Waals surface area contributed by atoms with Crippen molar-refractivity contribution in [2.75, 3.05) is 21.3 Å². The number of aliphatic hydroxyl groups excluding tert-OH is 1. The second-order valence-corrected chi connectivity index (χ2v) is 47.9. The zero-order valence-electron chi connectivity index (χ0n) is 77.5. The van der Waals surface area contributed by atoms with Crippen molar-refractivity contribution < 1.29 is 83.5 Å². The molecule has 686 valence electrons. The zero-order valence-corrected chi connectivity index (χ0v) is 77.5. The minimum atomic E-state index is -2.74. The van der Waals surface area contributed by atoms with E-state index in [1.54, 1.807) is 0 Å². The molecule has 0 spiro atoms. The number of aliphatic hydroxyl groups is 2. The minimum Gasteiger partial charge on any atom is -0.469 e. The Kier molecular flexibility index (Phi) is 27.2. The third-order valence-electron chi connectivity index (χ3n) is 41.8. The molecular weight excluding hydrogens is 1540 g/mol.